The predicted molar refractivity (Wildman–Crippen MR) is 74.5 cm³/mol. The summed E-state index contributed by atoms with van der Waals surface area (Å²) in [4.78, 5) is 2.51. The Labute approximate surface area is 105 Å². The Balaban J connectivity index is 2.23. The molecule has 0 spiro atoms. The Morgan fingerprint density at radius 1 is 1.35 bits per heavy atom. The molecule has 0 unspecified atom stereocenters. The number of rotatable bonds is 3. The number of fused-ring (bicyclic) bond motifs is 1. The average molecular weight is 232 g/mol. The molecule has 1 aliphatic heterocycles. The van der Waals surface area contributed by atoms with Gasteiger partial charge < -0.3 is 10.6 Å². The Morgan fingerprint density at radius 3 is 2.82 bits per heavy atom. The number of nitrogens with two attached hydrogens (primary N) is 1. The lowest BCUT2D eigenvalue weighted by Crippen LogP contribution is -2.41. The smallest absolute Gasteiger partial charge is 0.0399 e. The van der Waals surface area contributed by atoms with E-state index >= 15 is 0 Å². The highest BCUT2D eigenvalue weighted by molar-refractivity contribution is 5.56. The standard InChI is InChI=1S/C15H24N2/c1-12-6-7-14-13(9-12)5-4-8-17(14)11-15(2,3)10-16/h6-7,9H,4-5,8,10-11,16H2,1-3H3. The zero-order chi connectivity index (χ0) is 12.5. The van der Waals surface area contributed by atoms with Crippen molar-refractivity contribution < 1.29 is 0 Å². The quantitative estimate of drug-likeness (QED) is 0.868. The molecule has 0 fully saturated rings. The Kier molecular flexibility index (Phi) is 3.43. The van der Waals surface area contributed by atoms with Crippen molar-refractivity contribution in [1.29, 1.82) is 0 Å². The monoisotopic (exact) mass is 232 g/mol. The minimum Gasteiger partial charge on any atom is -0.371 e. The molecule has 0 bridgehead atoms. The van der Waals surface area contributed by atoms with Gasteiger partial charge in [-0.1, -0.05) is 31.5 Å². The summed E-state index contributed by atoms with van der Waals surface area (Å²) in [6.45, 7) is 9.62. The van der Waals surface area contributed by atoms with Crippen LogP contribution in [0.15, 0.2) is 18.2 Å². The van der Waals surface area contributed by atoms with Crippen LogP contribution in [-0.4, -0.2) is 19.6 Å². The first-order valence-corrected chi connectivity index (χ1v) is 6.56. The van der Waals surface area contributed by atoms with Gasteiger partial charge in [0.15, 0.2) is 0 Å². The normalized spacial score (nSPS) is 15.9. The van der Waals surface area contributed by atoms with E-state index in [2.05, 4.69) is 43.9 Å². The number of benzene rings is 1. The van der Waals surface area contributed by atoms with Crippen molar-refractivity contribution in [1.82, 2.24) is 0 Å². The lowest BCUT2D eigenvalue weighted by Gasteiger charge is -2.37. The average Bonchev–Trinajstić information content (AvgIpc) is 2.28. The van der Waals surface area contributed by atoms with Crippen molar-refractivity contribution in [3.8, 4) is 0 Å². The Morgan fingerprint density at radius 2 is 2.12 bits per heavy atom. The van der Waals surface area contributed by atoms with Crippen LogP contribution in [0.5, 0.6) is 0 Å². The molecule has 2 rings (SSSR count). The van der Waals surface area contributed by atoms with Crippen LogP contribution in [0.25, 0.3) is 0 Å². The van der Waals surface area contributed by atoms with Gasteiger partial charge >= 0.3 is 0 Å². The number of hydrogen-bond acceptors (Lipinski definition) is 2. The fraction of sp³-hybridized carbons (Fsp3) is 0.600. The van der Waals surface area contributed by atoms with Gasteiger partial charge in [-0.05, 0) is 43.4 Å². The van der Waals surface area contributed by atoms with E-state index < -0.39 is 0 Å². The van der Waals surface area contributed by atoms with Crippen LogP contribution in [0.1, 0.15) is 31.4 Å². The number of nitrogens with zero attached hydrogens (tertiary/aromatic N) is 1. The van der Waals surface area contributed by atoms with E-state index in [4.69, 9.17) is 5.73 Å². The zero-order valence-electron chi connectivity index (χ0n) is 11.3. The molecule has 94 valence electrons. The van der Waals surface area contributed by atoms with Crippen LogP contribution in [0, 0.1) is 12.3 Å². The van der Waals surface area contributed by atoms with Gasteiger partial charge in [0, 0.05) is 18.8 Å². The topological polar surface area (TPSA) is 29.3 Å². The van der Waals surface area contributed by atoms with Crippen LogP contribution in [0.3, 0.4) is 0 Å². The molecule has 1 heterocycles. The highest BCUT2D eigenvalue weighted by Crippen LogP contribution is 2.30. The number of anilines is 1. The van der Waals surface area contributed by atoms with Gasteiger partial charge in [0.25, 0.3) is 0 Å². The number of aryl methyl sites for hydroxylation is 2. The summed E-state index contributed by atoms with van der Waals surface area (Å²) >= 11 is 0. The largest absolute Gasteiger partial charge is 0.371 e. The summed E-state index contributed by atoms with van der Waals surface area (Å²) in [6, 6.07) is 6.82. The zero-order valence-corrected chi connectivity index (χ0v) is 11.3. The van der Waals surface area contributed by atoms with Gasteiger partial charge in [-0.15, -0.1) is 0 Å². The molecule has 0 aliphatic carbocycles. The van der Waals surface area contributed by atoms with Crippen molar-refractivity contribution in [3.05, 3.63) is 29.3 Å². The molecule has 1 aromatic carbocycles. The first-order valence-electron chi connectivity index (χ1n) is 6.56. The van der Waals surface area contributed by atoms with Gasteiger partial charge in [-0.3, -0.25) is 0 Å². The third-order valence-corrected chi connectivity index (χ3v) is 3.62. The van der Waals surface area contributed by atoms with Gasteiger partial charge in [-0.2, -0.15) is 0 Å². The first kappa shape index (κ1) is 12.4. The maximum Gasteiger partial charge on any atom is 0.0399 e. The molecule has 0 saturated carbocycles. The highest BCUT2D eigenvalue weighted by Gasteiger charge is 2.24. The van der Waals surface area contributed by atoms with E-state index in [1.54, 1.807) is 0 Å². The maximum absolute atomic E-state index is 5.84. The van der Waals surface area contributed by atoms with E-state index in [0.717, 1.165) is 13.1 Å². The Hall–Kier alpha value is -1.02. The van der Waals surface area contributed by atoms with E-state index in [-0.39, 0.29) is 5.41 Å². The highest BCUT2D eigenvalue weighted by atomic mass is 15.1. The van der Waals surface area contributed by atoms with E-state index in [1.807, 2.05) is 0 Å². The van der Waals surface area contributed by atoms with Crippen LogP contribution in [0.2, 0.25) is 0 Å². The van der Waals surface area contributed by atoms with Gasteiger partial charge in [0.2, 0.25) is 0 Å². The van der Waals surface area contributed by atoms with Crippen molar-refractivity contribution in [2.24, 2.45) is 11.1 Å². The fourth-order valence-electron chi connectivity index (χ4n) is 2.55. The lowest BCUT2D eigenvalue weighted by atomic mass is 9.91. The predicted octanol–water partition coefficient (Wildman–Crippen LogP) is 2.73. The molecule has 2 nitrogen and oxygen atoms in total. The molecule has 0 amide bonds. The second-order valence-corrected chi connectivity index (χ2v) is 6.03. The molecule has 17 heavy (non-hydrogen) atoms. The van der Waals surface area contributed by atoms with E-state index in [1.165, 1.54) is 36.2 Å². The minimum atomic E-state index is 0.194. The molecule has 0 radical (unpaired) electrons. The van der Waals surface area contributed by atoms with Crippen LogP contribution in [0.4, 0.5) is 5.69 Å². The van der Waals surface area contributed by atoms with Crippen LogP contribution < -0.4 is 10.6 Å². The van der Waals surface area contributed by atoms with E-state index in [0.29, 0.717) is 0 Å². The third-order valence-electron chi connectivity index (χ3n) is 3.62. The molecule has 0 aromatic heterocycles. The summed E-state index contributed by atoms with van der Waals surface area (Å²) in [6.07, 6.45) is 2.48. The molecule has 0 saturated heterocycles. The fourth-order valence-corrected chi connectivity index (χ4v) is 2.55. The van der Waals surface area contributed by atoms with Gasteiger partial charge in [-0.25, -0.2) is 0 Å². The van der Waals surface area contributed by atoms with Crippen molar-refractivity contribution in [3.63, 3.8) is 0 Å². The summed E-state index contributed by atoms with van der Waals surface area (Å²) in [5.41, 5.74) is 10.3. The summed E-state index contributed by atoms with van der Waals surface area (Å²) in [5, 5.41) is 0. The molecule has 2 N–H and O–H groups in total. The lowest BCUT2D eigenvalue weighted by molar-refractivity contribution is 0.374. The SMILES string of the molecule is Cc1ccc2c(c1)CCCN2CC(C)(C)CN. The van der Waals surface area contributed by atoms with E-state index in [9.17, 15) is 0 Å². The summed E-state index contributed by atoms with van der Waals surface area (Å²) in [5.74, 6) is 0. The van der Waals surface area contributed by atoms with Crippen molar-refractivity contribution in [2.75, 3.05) is 24.5 Å². The van der Waals surface area contributed by atoms with Gasteiger partial charge in [0.05, 0.1) is 0 Å². The second kappa shape index (κ2) is 4.69. The second-order valence-electron chi connectivity index (χ2n) is 6.03. The maximum atomic E-state index is 5.84. The molecular weight excluding hydrogens is 208 g/mol. The number of hydrogen-bond donors (Lipinski definition) is 1. The van der Waals surface area contributed by atoms with Crippen LogP contribution >= 0.6 is 0 Å². The third kappa shape index (κ3) is 2.81. The molecule has 1 aliphatic rings. The molecule has 2 heteroatoms. The summed E-state index contributed by atoms with van der Waals surface area (Å²) in [7, 11) is 0. The van der Waals surface area contributed by atoms with Crippen molar-refractivity contribution in [2.45, 2.75) is 33.6 Å². The molecule has 0 atom stereocenters. The summed E-state index contributed by atoms with van der Waals surface area (Å²) < 4.78 is 0. The minimum absolute atomic E-state index is 0.194. The first-order chi connectivity index (χ1) is 8.02. The Bertz CT molecular complexity index is 396. The molecule has 1 aromatic rings. The van der Waals surface area contributed by atoms with Crippen LogP contribution in [-0.2, 0) is 6.42 Å². The van der Waals surface area contributed by atoms with Crippen molar-refractivity contribution >= 4 is 5.69 Å². The molecular formula is C15H24N2. The van der Waals surface area contributed by atoms with Gasteiger partial charge in [0.1, 0.15) is 0 Å².